The molecule has 0 aliphatic rings. The first-order chi connectivity index (χ1) is 8.41. The van der Waals surface area contributed by atoms with Crippen LogP contribution in [0.1, 0.15) is 12.5 Å². The lowest BCUT2D eigenvalue weighted by Crippen LogP contribution is -2.32. The quantitative estimate of drug-likeness (QED) is 0.384. The van der Waals surface area contributed by atoms with E-state index in [1.807, 2.05) is 30.3 Å². The van der Waals surface area contributed by atoms with Crippen molar-refractivity contribution >= 4 is 35.3 Å². The maximum absolute atomic E-state index is 9.09. The molecule has 4 N–H and O–H groups in total. The molecule has 7 heteroatoms. The van der Waals surface area contributed by atoms with Gasteiger partial charge in [0.1, 0.15) is 12.8 Å². The van der Waals surface area contributed by atoms with E-state index in [9.17, 15) is 0 Å². The van der Waals surface area contributed by atoms with Crippen molar-refractivity contribution in [2.45, 2.75) is 19.8 Å². The zero-order valence-corrected chi connectivity index (χ0v) is 11.6. The van der Waals surface area contributed by atoms with Crippen molar-refractivity contribution in [2.75, 3.05) is 0 Å². The van der Waals surface area contributed by atoms with Crippen molar-refractivity contribution in [3.63, 3.8) is 0 Å². The number of benzene rings is 1. The van der Waals surface area contributed by atoms with Crippen LogP contribution in [0.15, 0.2) is 30.3 Å². The summed E-state index contributed by atoms with van der Waals surface area (Å²) in [6, 6.07) is 9.71. The summed E-state index contributed by atoms with van der Waals surface area (Å²) in [7, 11) is 0. The van der Waals surface area contributed by atoms with Gasteiger partial charge in [-0.25, -0.2) is 0 Å². The third-order valence-corrected chi connectivity index (χ3v) is 1.78. The molecule has 0 aliphatic heterocycles. The van der Waals surface area contributed by atoms with E-state index < -0.39 is 11.5 Å². The summed E-state index contributed by atoms with van der Waals surface area (Å²) in [4.78, 5) is 9.09. The number of primary amides is 1. The number of carbonyl (C=O) groups excluding carboxylic acids is 1. The van der Waals surface area contributed by atoms with E-state index in [4.69, 9.17) is 26.9 Å². The summed E-state index contributed by atoms with van der Waals surface area (Å²) < 4.78 is 5.20. The molecule has 1 aromatic rings. The largest absolute Gasteiger partial charge is 0.466 e. The van der Waals surface area contributed by atoms with Crippen LogP contribution in [0.3, 0.4) is 0 Å². The second-order valence-corrected chi connectivity index (χ2v) is 4.03. The Labute approximate surface area is 117 Å². The van der Waals surface area contributed by atoms with Gasteiger partial charge < -0.3 is 20.9 Å². The lowest BCUT2D eigenvalue weighted by Gasteiger charge is -2.11. The molecule has 1 atom stereocenters. The van der Waals surface area contributed by atoms with Gasteiger partial charge >= 0.3 is 0 Å². The summed E-state index contributed by atoms with van der Waals surface area (Å²) in [5.41, 5.74) is 5.38. The molecule has 0 saturated heterocycles. The maximum atomic E-state index is 9.09. The van der Waals surface area contributed by atoms with Crippen molar-refractivity contribution in [1.29, 1.82) is 0 Å². The van der Waals surface area contributed by atoms with Crippen LogP contribution in [-0.4, -0.2) is 21.7 Å². The SMILES string of the molecule is CC(O)NC(=S)OCc1ccccc1.NC(=O)S. The summed E-state index contributed by atoms with van der Waals surface area (Å²) in [5, 5.41) is 11.1. The average molecular weight is 288 g/mol. The lowest BCUT2D eigenvalue weighted by molar-refractivity contribution is 0.164. The number of hydrogen-bond acceptors (Lipinski definition) is 4. The minimum Gasteiger partial charge on any atom is -0.466 e. The number of amides is 1. The topological polar surface area (TPSA) is 84.6 Å². The first kappa shape index (κ1) is 16.7. The molecular weight excluding hydrogens is 272 g/mol. The predicted octanol–water partition coefficient (Wildman–Crippen LogP) is 1.41. The number of nitrogens with two attached hydrogens (primary N) is 1. The normalized spacial score (nSPS) is 10.6. The molecule has 0 aliphatic carbocycles. The highest BCUT2D eigenvalue weighted by atomic mass is 32.1. The summed E-state index contributed by atoms with van der Waals surface area (Å²) in [6.07, 6.45) is -0.682. The van der Waals surface area contributed by atoms with Crippen LogP contribution < -0.4 is 11.1 Å². The highest BCUT2D eigenvalue weighted by molar-refractivity contribution is 7.96. The fourth-order valence-corrected chi connectivity index (χ4v) is 1.16. The molecule has 1 unspecified atom stereocenters. The molecule has 1 aromatic carbocycles. The van der Waals surface area contributed by atoms with E-state index in [0.29, 0.717) is 6.61 Å². The molecular formula is C11H16N2O3S2. The minimum atomic E-state index is -0.682. The van der Waals surface area contributed by atoms with Gasteiger partial charge in [0.05, 0.1) is 0 Å². The summed E-state index contributed by atoms with van der Waals surface area (Å²) in [5.74, 6) is 0. The first-order valence-corrected chi connectivity index (χ1v) is 5.91. The molecule has 0 bridgehead atoms. The molecule has 100 valence electrons. The van der Waals surface area contributed by atoms with E-state index >= 15 is 0 Å². The molecule has 0 heterocycles. The van der Waals surface area contributed by atoms with Gasteiger partial charge in [-0.1, -0.05) is 43.0 Å². The highest BCUT2D eigenvalue weighted by Gasteiger charge is 2.00. The smallest absolute Gasteiger partial charge is 0.273 e. The first-order valence-electron chi connectivity index (χ1n) is 5.05. The number of thiol groups is 1. The number of hydrogen-bond donors (Lipinski definition) is 4. The second kappa shape index (κ2) is 9.69. The van der Waals surface area contributed by atoms with E-state index in [2.05, 4.69) is 23.7 Å². The zero-order chi connectivity index (χ0) is 14.0. The van der Waals surface area contributed by atoms with Gasteiger partial charge in [-0.2, -0.15) is 0 Å². The van der Waals surface area contributed by atoms with E-state index in [1.165, 1.54) is 0 Å². The highest BCUT2D eigenvalue weighted by Crippen LogP contribution is 2.00. The Kier molecular flexibility index (Phi) is 8.99. The van der Waals surface area contributed by atoms with Crippen LogP contribution in [0.25, 0.3) is 0 Å². The molecule has 5 nitrogen and oxygen atoms in total. The predicted molar refractivity (Wildman–Crippen MR) is 77.2 cm³/mol. The third-order valence-electron chi connectivity index (χ3n) is 1.54. The van der Waals surface area contributed by atoms with Gasteiger partial charge in [0.25, 0.3) is 10.4 Å². The van der Waals surface area contributed by atoms with Crippen molar-refractivity contribution < 1.29 is 14.6 Å². The lowest BCUT2D eigenvalue weighted by atomic mass is 10.2. The van der Waals surface area contributed by atoms with Crippen LogP contribution in [0.5, 0.6) is 0 Å². The number of thiocarbonyl (C=S) groups is 1. The van der Waals surface area contributed by atoms with Crippen LogP contribution in [-0.2, 0) is 11.3 Å². The molecule has 0 radical (unpaired) electrons. The number of carbonyl (C=O) groups is 1. The fraction of sp³-hybridized carbons (Fsp3) is 0.273. The van der Waals surface area contributed by atoms with Crippen LogP contribution in [0.4, 0.5) is 4.79 Å². The van der Waals surface area contributed by atoms with Crippen LogP contribution >= 0.6 is 24.8 Å². The standard InChI is InChI=1S/C10H13NO2S.CH3NOS/c1-8(12)11-10(14)13-7-9-5-3-2-4-6-9;2-1(3)4/h2-6,8,12H,7H2,1H3,(H,11,14);(H3,2,3,4). The maximum Gasteiger partial charge on any atom is 0.273 e. The number of aliphatic hydroxyl groups excluding tert-OH is 1. The van der Waals surface area contributed by atoms with Crippen molar-refractivity contribution in [3.05, 3.63) is 35.9 Å². The Morgan fingerprint density at radius 2 is 2.06 bits per heavy atom. The Morgan fingerprint density at radius 3 is 2.50 bits per heavy atom. The molecule has 0 fully saturated rings. The van der Waals surface area contributed by atoms with Gasteiger partial charge in [-0.15, -0.1) is 0 Å². The third kappa shape index (κ3) is 11.2. The van der Waals surface area contributed by atoms with Gasteiger partial charge in [0.15, 0.2) is 0 Å². The number of rotatable bonds is 3. The van der Waals surface area contributed by atoms with E-state index in [0.717, 1.165) is 5.56 Å². The number of ether oxygens (including phenoxy) is 1. The van der Waals surface area contributed by atoms with Crippen molar-refractivity contribution in [2.24, 2.45) is 5.73 Å². The molecule has 1 amide bonds. The number of nitrogens with one attached hydrogen (secondary N) is 1. The molecule has 18 heavy (non-hydrogen) atoms. The zero-order valence-electron chi connectivity index (χ0n) is 9.87. The number of aliphatic hydroxyl groups is 1. The van der Waals surface area contributed by atoms with Crippen molar-refractivity contribution in [1.82, 2.24) is 5.32 Å². The Hall–Kier alpha value is -1.31. The molecule has 0 saturated carbocycles. The Balaban J connectivity index is 0.000000631. The van der Waals surface area contributed by atoms with Crippen LogP contribution in [0.2, 0.25) is 0 Å². The van der Waals surface area contributed by atoms with E-state index in [1.54, 1.807) is 6.92 Å². The molecule has 0 spiro atoms. The van der Waals surface area contributed by atoms with Crippen LogP contribution in [0, 0.1) is 0 Å². The Morgan fingerprint density at radius 1 is 1.56 bits per heavy atom. The van der Waals surface area contributed by atoms with Crippen molar-refractivity contribution in [3.8, 4) is 0 Å². The molecule has 0 aromatic heterocycles. The fourth-order valence-electron chi connectivity index (χ4n) is 0.935. The second-order valence-electron chi connectivity index (χ2n) is 3.22. The van der Waals surface area contributed by atoms with Gasteiger partial charge in [0.2, 0.25) is 0 Å². The van der Waals surface area contributed by atoms with E-state index in [-0.39, 0.29) is 5.17 Å². The molecule has 1 rings (SSSR count). The summed E-state index contributed by atoms with van der Waals surface area (Å²) in [6.45, 7) is 2.00. The van der Waals surface area contributed by atoms with Gasteiger partial charge in [-0.05, 0) is 24.7 Å². The monoisotopic (exact) mass is 288 g/mol. The Bertz CT molecular complexity index is 368. The van der Waals surface area contributed by atoms with Gasteiger partial charge in [-0.3, -0.25) is 4.79 Å². The summed E-state index contributed by atoms with van der Waals surface area (Å²) >= 11 is 7.94. The van der Waals surface area contributed by atoms with Gasteiger partial charge in [0, 0.05) is 0 Å². The average Bonchev–Trinajstić information content (AvgIpc) is 2.26. The minimum absolute atomic E-state index is 0.212.